The van der Waals surface area contributed by atoms with Gasteiger partial charge in [0.25, 0.3) is 0 Å². The van der Waals surface area contributed by atoms with Gasteiger partial charge < -0.3 is 5.32 Å². The summed E-state index contributed by atoms with van der Waals surface area (Å²) in [7, 11) is 0. The Morgan fingerprint density at radius 3 is 2.50 bits per heavy atom. The highest BCUT2D eigenvalue weighted by Crippen LogP contribution is 2.14. The topological polar surface area (TPSA) is 42.7 Å². The number of anilines is 1. The predicted octanol–water partition coefficient (Wildman–Crippen LogP) is 3.64. The van der Waals surface area contributed by atoms with Crippen LogP contribution in [0, 0.1) is 0 Å². The van der Waals surface area contributed by atoms with Gasteiger partial charge in [0.1, 0.15) is 5.69 Å². The molecule has 0 saturated carbocycles. The lowest BCUT2D eigenvalue weighted by molar-refractivity contribution is 0.740. The van der Waals surface area contributed by atoms with Gasteiger partial charge in [0, 0.05) is 10.2 Å². The molecule has 0 radical (unpaired) electrons. The zero-order valence-electron chi connectivity index (χ0n) is 10.7. The molecule has 0 aliphatic rings. The van der Waals surface area contributed by atoms with E-state index in [-0.39, 0.29) is 0 Å². The Bertz CT molecular complexity index is 677. The second kappa shape index (κ2) is 5.88. The first-order chi connectivity index (χ1) is 9.81. The minimum Gasteiger partial charge on any atom is -0.379 e. The van der Waals surface area contributed by atoms with E-state index in [1.165, 1.54) is 0 Å². The van der Waals surface area contributed by atoms with Crippen molar-refractivity contribution in [1.29, 1.82) is 0 Å². The van der Waals surface area contributed by atoms with Crippen LogP contribution in [0.5, 0.6) is 0 Å². The van der Waals surface area contributed by atoms with E-state index in [1.807, 2.05) is 54.6 Å². The third kappa shape index (κ3) is 3.05. The summed E-state index contributed by atoms with van der Waals surface area (Å²) in [5, 5.41) is 12.0. The van der Waals surface area contributed by atoms with Crippen molar-refractivity contribution in [2.45, 2.75) is 6.54 Å². The molecule has 0 unspecified atom stereocenters. The van der Waals surface area contributed by atoms with Crippen LogP contribution >= 0.6 is 15.9 Å². The first-order valence-corrected chi connectivity index (χ1v) is 7.07. The zero-order valence-corrected chi connectivity index (χ0v) is 12.3. The highest BCUT2D eigenvalue weighted by atomic mass is 79.9. The van der Waals surface area contributed by atoms with Gasteiger partial charge in [0.05, 0.1) is 18.4 Å². The molecule has 0 saturated heterocycles. The van der Waals surface area contributed by atoms with Crippen LogP contribution in [0.25, 0.3) is 5.69 Å². The van der Waals surface area contributed by atoms with Gasteiger partial charge >= 0.3 is 0 Å². The highest BCUT2D eigenvalue weighted by molar-refractivity contribution is 9.10. The van der Waals surface area contributed by atoms with Crippen LogP contribution in [0.15, 0.2) is 65.3 Å². The number of benzene rings is 2. The third-order valence-electron chi connectivity index (χ3n) is 2.84. The van der Waals surface area contributed by atoms with E-state index in [1.54, 1.807) is 11.0 Å². The summed E-state index contributed by atoms with van der Waals surface area (Å²) < 4.78 is 1.07. The molecule has 100 valence electrons. The van der Waals surface area contributed by atoms with Crippen molar-refractivity contribution < 1.29 is 0 Å². The lowest BCUT2D eigenvalue weighted by Crippen LogP contribution is -2.02. The van der Waals surface area contributed by atoms with Crippen LogP contribution in [0.4, 0.5) is 5.69 Å². The van der Waals surface area contributed by atoms with Crippen molar-refractivity contribution in [2.75, 3.05) is 5.32 Å². The molecule has 0 atom stereocenters. The molecule has 0 fully saturated rings. The van der Waals surface area contributed by atoms with E-state index < -0.39 is 0 Å². The zero-order chi connectivity index (χ0) is 13.8. The van der Waals surface area contributed by atoms with Crippen molar-refractivity contribution >= 4 is 21.6 Å². The van der Waals surface area contributed by atoms with Gasteiger partial charge in [-0.25, -0.2) is 0 Å². The maximum absolute atomic E-state index is 4.45. The molecule has 1 N–H and O–H groups in total. The van der Waals surface area contributed by atoms with E-state index in [4.69, 9.17) is 0 Å². The van der Waals surface area contributed by atoms with Crippen LogP contribution in [-0.2, 0) is 6.54 Å². The van der Waals surface area contributed by atoms with Crippen molar-refractivity contribution in [3.05, 3.63) is 71.0 Å². The molecule has 5 heteroatoms. The average molecular weight is 329 g/mol. The number of nitrogens with one attached hydrogen (secondary N) is 1. The number of rotatable bonds is 4. The minimum atomic E-state index is 0.647. The predicted molar refractivity (Wildman–Crippen MR) is 82.8 cm³/mol. The van der Waals surface area contributed by atoms with Crippen molar-refractivity contribution in [3.8, 4) is 5.69 Å². The fourth-order valence-corrected chi connectivity index (χ4v) is 2.09. The third-order valence-corrected chi connectivity index (χ3v) is 3.37. The Morgan fingerprint density at radius 2 is 1.75 bits per heavy atom. The summed E-state index contributed by atoms with van der Waals surface area (Å²) in [4.78, 5) is 1.64. The lowest BCUT2D eigenvalue weighted by atomic mass is 10.3. The Balaban J connectivity index is 1.67. The molecule has 1 aromatic heterocycles. The molecule has 20 heavy (non-hydrogen) atoms. The average Bonchev–Trinajstić information content (AvgIpc) is 2.97. The van der Waals surface area contributed by atoms with Crippen molar-refractivity contribution in [1.82, 2.24) is 15.0 Å². The Hall–Kier alpha value is -2.14. The molecule has 0 amide bonds. The van der Waals surface area contributed by atoms with Gasteiger partial charge in [-0.1, -0.05) is 34.1 Å². The molecular weight excluding hydrogens is 316 g/mol. The van der Waals surface area contributed by atoms with Gasteiger partial charge in [0.2, 0.25) is 0 Å². The van der Waals surface area contributed by atoms with Crippen LogP contribution in [0.2, 0.25) is 0 Å². The van der Waals surface area contributed by atoms with Crippen LogP contribution in [0.1, 0.15) is 5.69 Å². The first-order valence-electron chi connectivity index (χ1n) is 6.27. The molecule has 4 nitrogen and oxygen atoms in total. The normalized spacial score (nSPS) is 10.4. The van der Waals surface area contributed by atoms with E-state index in [0.717, 1.165) is 21.5 Å². The lowest BCUT2D eigenvalue weighted by Gasteiger charge is -2.03. The number of hydrogen-bond acceptors (Lipinski definition) is 3. The summed E-state index contributed by atoms with van der Waals surface area (Å²) in [5.74, 6) is 0. The molecule has 0 aliphatic heterocycles. The first kappa shape index (κ1) is 12.9. The summed E-state index contributed by atoms with van der Waals surface area (Å²) in [6.45, 7) is 0.647. The van der Waals surface area contributed by atoms with Gasteiger partial charge in [-0.15, -0.1) is 0 Å². The molecule has 0 spiro atoms. The summed E-state index contributed by atoms with van der Waals surface area (Å²) in [6.07, 6.45) is 1.78. The number of hydrogen-bond donors (Lipinski definition) is 1. The molecule has 1 heterocycles. The molecule has 0 bridgehead atoms. The largest absolute Gasteiger partial charge is 0.379 e. The van der Waals surface area contributed by atoms with Crippen molar-refractivity contribution in [3.63, 3.8) is 0 Å². The quantitative estimate of drug-likeness (QED) is 0.795. The number of aromatic nitrogens is 3. The van der Waals surface area contributed by atoms with Crippen LogP contribution < -0.4 is 5.32 Å². The Labute approximate surface area is 125 Å². The molecule has 3 rings (SSSR count). The maximum atomic E-state index is 4.45. The van der Waals surface area contributed by atoms with Crippen LogP contribution in [0.3, 0.4) is 0 Å². The van der Waals surface area contributed by atoms with E-state index in [2.05, 4.69) is 31.4 Å². The van der Waals surface area contributed by atoms with Gasteiger partial charge in [-0.05, 0) is 36.4 Å². The molecule has 0 aliphatic carbocycles. The second-order valence-corrected chi connectivity index (χ2v) is 5.24. The Morgan fingerprint density at radius 1 is 1.00 bits per heavy atom. The van der Waals surface area contributed by atoms with E-state index >= 15 is 0 Å². The Kier molecular flexibility index (Phi) is 3.78. The van der Waals surface area contributed by atoms with E-state index in [0.29, 0.717) is 6.54 Å². The molecular formula is C15H13BrN4. The number of nitrogens with zero attached hydrogens (tertiary/aromatic N) is 3. The smallest absolute Gasteiger partial charge is 0.102 e. The van der Waals surface area contributed by atoms with Gasteiger partial charge in [0.15, 0.2) is 0 Å². The number of halogens is 1. The molecule has 2 aromatic carbocycles. The second-order valence-electron chi connectivity index (χ2n) is 4.32. The summed E-state index contributed by atoms with van der Waals surface area (Å²) >= 11 is 3.42. The number of para-hydroxylation sites is 1. The maximum Gasteiger partial charge on any atom is 0.102 e. The summed E-state index contributed by atoms with van der Waals surface area (Å²) in [6, 6.07) is 17.9. The van der Waals surface area contributed by atoms with Crippen LogP contribution in [-0.4, -0.2) is 15.0 Å². The van der Waals surface area contributed by atoms with Crippen molar-refractivity contribution in [2.24, 2.45) is 0 Å². The highest BCUT2D eigenvalue weighted by Gasteiger charge is 2.02. The van der Waals surface area contributed by atoms with Gasteiger partial charge in [-0.2, -0.15) is 15.0 Å². The standard InChI is InChI=1S/C15H13BrN4/c16-12-6-8-13(9-7-12)17-10-14-11-18-20(19-14)15-4-2-1-3-5-15/h1-9,11,17H,10H2. The SMILES string of the molecule is Brc1ccc(NCc2cnn(-c3ccccc3)n2)cc1. The molecule has 3 aromatic rings. The monoisotopic (exact) mass is 328 g/mol. The fourth-order valence-electron chi connectivity index (χ4n) is 1.82. The van der Waals surface area contributed by atoms with E-state index in [9.17, 15) is 0 Å². The summed E-state index contributed by atoms with van der Waals surface area (Å²) in [5.41, 5.74) is 2.92. The minimum absolute atomic E-state index is 0.647. The fraction of sp³-hybridized carbons (Fsp3) is 0.0667. The van der Waals surface area contributed by atoms with Gasteiger partial charge in [-0.3, -0.25) is 0 Å².